The van der Waals surface area contributed by atoms with Crippen molar-refractivity contribution in [3.8, 4) is 0 Å². The van der Waals surface area contributed by atoms with E-state index in [4.69, 9.17) is 5.73 Å². The van der Waals surface area contributed by atoms with Gasteiger partial charge in [0.05, 0.1) is 5.75 Å². The number of nitrogen functional groups attached to an aromatic ring is 1. The van der Waals surface area contributed by atoms with Gasteiger partial charge in [0.15, 0.2) is 0 Å². The number of amides is 1. The smallest absolute Gasteiger partial charge is 0.398 e. The first kappa shape index (κ1) is 14.6. The number of anilines is 1. The van der Waals surface area contributed by atoms with Crippen LogP contribution in [0.2, 0.25) is 0 Å². The van der Waals surface area contributed by atoms with Crippen LogP contribution in [0.15, 0.2) is 23.1 Å². The van der Waals surface area contributed by atoms with Gasteiger partial charge < -0.3 is 11.1 Å². The molecule has 0 saturated heterocycles. The minimum Gasteiger partial charge on any atom is -0.398 e. The number of hydrogen-bond donors (Lipinski definition) is 2. The van der Waals surface area contributed by atoms with Crippen molar-refractivity contribution in [1.82, 2.24) is 5.32 Å². The van der Waals surface area contributed by atoms with Crippen molar-refractivity contribution in [2.75, 3.05) is 18.0 Å². The van der Waals surface area contributed by atoms with Crippen LogP contribution >= 0.6 is 11.8 Å². The monoisotopic (exact) mass is 282 g/mol. The Kier molecular flexibility index (Phi) is 4.83. The van der Waals surface area contributed by atoms with Crippen LogP contribution in [0.3, 0.4) is 0 Å². The van der Waals surface area contributed by atoms with Crippen molar-refractivity contribution >= 4 is 23.4 Å². The summed E-state index contributed by atoms with van der Waals surface area (Å²) in [5, 5.41) is 1.71. The summed E-state index contributed by atoms with van der Waals surface area (Å²) in [7, 11) is 0. The van der Waals surface area contributed by atoms with Crippen molar-refractivity contribution < 1.29 is 22.4 Å². The summed E-state index contributed by atoms with van der Waals surface area (Å²) >= 11 is 0.876. The molecule has 0 aliphatic heterocycles. The van der Waals surface area contributed by atoms with E-state index in [2.05, 4.69) is 0 Å². The lowest BCUT2D eigenvalue weighted by atomic mass is 10.3. The predicted molar refractivity (Wildman–Crippen MR) is 60.6 cm³/mol. The SMILES string of the molecule is Nc1ccc(F)cc1SCC(=O)NCC(F)(F)F. The molecule has 1 amide bonds. The van der Waals surface area contributed by atoms with Gasteiger partial charge in [0.1, 0.15) is 12.4 Å². The highest BCUT2D eigenvalue weighted by Crippen LogP contribution is 2.25. The Balaban J connectivity index is 2.45. The average Bonchev–Trinajstić information content (AvgIpc) is 2.26. The number of carbonyl (C=O) groups excluding carboxylic acids is 1. The third-order valence-electron chi connectivity index (χ3n) is 1.82. The molecule has 0 radical (unpaired) electrons. The third-order valence-corrected chi connectivity index (χ3v) is 2.89. The molecule has 100 valence electrons. The van der Waals surface area contributed by atoms with Crippen molar-refractivity contribution in [1.29, 1.82) is 0 Å². The lowest BCUT2D eigenvalue weighted by Crippen LogP contribution is -2.34. The molecule has 3 nitrogen and oxygen atoms in total. The summed E-state index contributed by atoms with van der Waals surface area (Å²) in [4.78, 5) is 11.4. The van der Waals surface area contributed by atoms with Gasteiger partial charge in [-0.25, -0.2) is 4.39 Å². The maximum atomic E-state index is 12.9. The van der Waals surface area contributed by atoms with E-state index in [0.29, 0.717) is 4.90 Å². The topological polar surface area (TPSA) is 55.1 Å². The number of halogens is 4. The van der Waals surface area contributed by atoms with E-state index in [1.165, 1.54) is 6.07 Å². The van der Waals surface area contributed by atoms with Crippen molar-refractivity contribution in [2.45, 2.75) is 11.1 Å². The highest BCUT2D eigenvalue weighted by atomic mass is 32.2. The first-order chi connectivity index (χ1) is 8.28. The molecule has 0 fully saturated rings. The van der Waals surface area contributed by atoms with Crippen LogP contribution in [-0.2, 0) is 4.79 Å². The Bertz CT molecular complexity index is 436. The Labute approximate surface area is 105 Å². The maximum Gasteiger partial charge on any atom is 0.405 e. The summed E-state index contributed by atoms with van der Waals surface area (Å²) in [6.45, 7) is -1.38. The van der Waals surface area contributed by atoms with Crippen LogP contribution in [0.1, 0.15) is 0 Å². The van der Waals surface area contributed by atoms with Crippen LogP contribution in [-0.4, -0.2) is 24.4 Å². The van der Waals surface area contributed by atoms with Gasteiger partial charge >= 0.3 is 6.18 Å². The van der Waals surface area contributed by atoms with Crippen LogP contribution < -0.4 is 11.1 Å². The lowest BCUT2D eigenvalue weighted by molar-refractivity contribution is -0.136. The van der Waals surface area contributed by atoms with Crippen molar-refractivity contribution in [2.24, 2.45) is 0 Å². The van der Waals surface area contributed by atoms with Crippen LogP contribution in [0.5, 0.6) is 0 Å². The normalized spacial score (nSPS) is 11.3. The molecule has 0 aliphatic carbocycles. The number of thioether (sulfide) groups is 1. The number of nitrogens with one attached hydrogen (secondary N) is 1. The maximum absolute atomic E-state index is 12.9. The van der Waals surface area contributed by atoms with E-state index in [1.54, 1.807) is 5.32 Å². The number of carbonyl (C=O) groups is 1. The van der Waals surface area contributed by atoms with Gasteiger partial charge in [0.2, 0.25) is 5.91 Å². The van der Waals surface area contributed by atoms with Gasteiger partial charge in [0.25, 0.3) is 0 Å². The molecule has 0 aromatic heterocycles. The molecule has 1 rings (SSSR count). The molecule has 0 aliphatic rings. The molecule has 0 unspecified atom stereocenters. The molecule has 1 aromatic rings. The van der Waals surface area contributed by atoms with Crippen molar-refractivity contribution in [3.63, 3.8) is 0 Å². The predicted octanol–water partition coefficient (Wildman–Crippen LogP) is 2.18. The second-order valence-electron chi connectivity index (χ2n) is 3.36. The quantitative estimate of drug-likeness (QED) is 0.505. The fourth-order valence-electron chi connectivity index (χ4n) is 1.03. The molecule has 1 aromatic carbocycles. The summed E-state index contributed by atoms with van der Waals surface area (Å²) in [6, 6.07) is 3.60. The minimum absolute atomic E-state index is 0.260. The summed E-state index contributed by atoms with van der Waals surface area (Å²) in [5.74, 6) is -1.58. The summed E-state index contributed by atoms with van der Waals surface area (Å²) in [6.07, 6.45) is -4.45. The number of benzene rings is 1. The Hall–Kier alpha value is -1.44. The third kappa shape index (κ3) is 5.26. The second kappa shape index (κ2) is 5.94. The van der Waals surface area contributed by atoms with Gasteiger partial charge in [-0.2, -0.15) is 13.2 Å². The summed E-state index contributed by atoms with van der Waals surface area (Å²) < 4.78 is 48.3. The molecule has 3 N–H and O–H groups in total. The van der Waals surface area contributed by atoms with Crippen LogP contribution in [0.4, 0.5) is 23.2 Å². The number of rotatable bonds is 4. The Morgan fingerprint density at radius 1 is 1.39 bits per heavy atom. The Morgan fingerprint density at radius 2 is 2.06 bits per heavy atom. The molecule has 0 atom stereocenters. The highest BCUT2D eigenvalue weighted by molar-refractivity contribution is 8.00. The van der Waals surface area contributed by atoms with Gasteiger partial charge in [-0.3, -0.25) is 4.79 Å². The Morgan fingerprint density at radius 3 is 2.67 bits per heavy atom. The van der Waals surface area contributed by atoms with E-state index < -0.39 is 24.4 Å². The lowest BCUT2D eigenvalue weighted by Gasteiger charge is -2.08. The van der Waals surface area contributed by atoms with Gasteiger partial charge in [-0.05, 0) is 18.2 Å². The zero-order chi connectivity index (χ0) is 13.8. The number of nitrogens with two attached hydrogens (primary N) is 1. The number of alkyl halides is 3. The van der Waals surface area contributed by atoms with Crippen molar-refractivity contribution in [3.05, 3.63) is 24.0 Å². The molecule has 0 heterocycles. The molecule has 8 heteroatoms. The van der Waals surface area contributed by atoms with E-state index in [-0.39, 0.29) is 11.4 Å². The van der Waals surface area contributed by atoms with E-state index >= 15 is 0 Å². The molecular weight excluding hydrogens is 272 g/mol. The first-order valence-electron chi connectivity index (χ1n) is 4.79. The zero-order valence-corrected chi connectivity index (χ0v) is 9.87. The molecule has 0 bridgehead atoms. The van der Waals surface area contributed by atoms with Gasteiger partial charge in [0, 0.05) is 10.6 Å². The van der Waals surface area contributed by atoms with Gasteiger partial charge in [-0.1, -0.05) is 0 Å². The minimum atomic E-state index is -4.45. The molecular formula is C10H10F4N2OS. The van der Waals surface area contributed by atoms with Gasteiger partial charge in [-0.15, -0.1) is 11.8 Å². The molecule has 18 heavy (non-hydrogen) atoms. The number of hydrogen-bond acceptors (Lipinski definition) is 3. The first-order valence-corrected chi connectivity index (χ1v) is 5.78. The average molecular weight is 282 g/mol. The standard InChI is InChI=1S/C10H10F4N2OS/c11-6-1-2-7(15)8(3-6)18-4-9(17)16-5-10(12,13)14/h1-3H,4-5,15H2,(H,16,17). The van der Waals surface area contributed by atoms with E-state index in [1.807, 2.05) is 0 Å². The van der Waals surface area contributed by atoms with Crippen LogP contribution in [0, 0.1) is 5.82 Å². The zero-order valence-electron chi connectivity index (χ0n) is 9.05. The second-order valence-corrected chi connectivity index (χ2v) is 4.38. The largest absolute Gasteiger partial charge is 0.405 e. The fraction of sp³-hybridized carbons (Fsp3) is 0.300. The summed E-state index contributed by atoms with van der Waals surface area (Å²) in [5.41, 5.74) is 5.79. The highest BCUT2D eigenvalue weighted by Gasteiger charge is 2.27. The van der Waals surface area contributed by atoms with E-state index in [0.717, 1.165) is 23.9 Å². The van der Waals surface area contributed by atoms with E-state index in [9.17, 15) is 22.4 Å². The van der Waals surface area contributed by atoms with Crippen LogP contribution in [0.25, 0.3) is 0 Å². The molecule has 0 saturated carbocycles. The molecule has 0 spiro atoms. The fourth-order valence-corrected chi connectivity index (χ4v) is 1.85.